The van der Waals surface area contributed by atoms with Crippen LogP contribution in [0.15, 0.2) is 27.9 Å². The van der Waals surface area contributed by atoms with Gasteiger partial charge in [0.15, 0.2) is 5.69 Å². The van der Waals surface area contributed by atoms with Gasteiger partial charge >= 0.3 is 24.3 Å². The number of carbonyl (C=O) groups is 3. The van der Waals surface area contributed by atoms with Gasteiger partial charge in [-0.1, -0.05) is 25.2 Å². The summed E-state index contributed by atoms with van der Waals surface area (Å²) in [6.45, 7) is 10.6. The van der Waals surface area contributed by atoms with Crippen LogP contribution in [0, 0.1) is 0 Å². The van der Waals surface area contributed by atoms with Crippen molar-refractivity contribution >= 4 is 46.4 Å². The van der Waals surface area contributed by atoms with Crippen LogP contribution >= 0.6 is 22.6 Å². The van der Waals surface area contributed by atoms with Crippen LogP contribution in [0.2, 0.25) is 0 Å². The number of alkyl halides is 3. The fourth-order valence-corrected chi connectivity index (χ4v) is 4.39. The topological polar surface area (TPSA) is 95.0 Å². The highest BCUT2D eigenvalue weighted by molar-refractivity contribution is 14.1. The smallest absolute Gasteiger partial charge is 0.424 e. The first-order chi connectivity index (χ1) is 16.7. The molecule has 1 aromatic heterocycles. The number of pyridine rings is 1. The second-order valence-corrected chi connectivity index (χ2v) is 11.8. The third-order valence-corrected chi connectivity index (χ3v) is 5.57. The van der Waals surface area contributed by atoms with Gasteiger partial charge in [0.2, 0.25) is 0 Å². The number of ether oxygens (including phenoxy) is 3. The van der Waals surface area contributed by atoms with Gasteiger partial charge in [-0.2, -0.15) is 18.1 Å². The number of hydrogen-bond donors (Lipinski definition) is 0. The molecule has 1 unspecified atom stereocenters. The lowest BCUT2D eigenvalue weighted by Gasteiger charge is -2.32. The van der Waals surface area contributed by atoms with E-state index >= 15 is 0 Å². The van der Waals surface area contributed by atoms with E-state index in [9.17, 15) is 27.6 Å². The SMILES string of the molecule is COC(=O)c1nc(C2(C)C=C(I)C=CC2)c(C(F)(F)F)cc1N(C(=O)OC(C)(C)C)C(=O)OC(C)(C)C. The summed E-state index contributed by atoms with van der Waals surface area (Å²) < 4.78 is 59.3. The highest BCUT2D eigenvalue weighted by Gasteiger charge is 2.44. The summed E-state index contributed by atoms with van der Waals surface area (Å²) in [5.74, 6) is -1.16. The van der Waals surface area contributed by atoms with Crippen LogP contribution in [-0.2, 0) is 25.8 Å². The summed E-state index contributed by atoms with van der Waals surface area (Å²) in [4.78, 5) is 43.4. The minimum atomic E-state index is -4.96. The molecule has 0 N–H and O–H groups in total. The van der Waals surface area contributed by atoms with E-state index in [2.05, 4.69) is 4.98 Å². The molecular formula is C25H30F3IN2O6. The Hall–Kier alpha value is -2.64. The second-order valence-electron chi connectivity index (χ2n) is 10.6. The first-order valence-corrected chi connectivity index (χ1v) is 12.3. The number of halogens is 4. The maximum absolute atomic E-state index is 14.4. The zero-order valence-electron chi connectivity index (χ0n) is 21.9. The molecule has 0 saturated carbocycles. The Morgan fingerprint density at radius 1 is 1.03 bits per heavy atom. The normalized spacial score (nSPS) is 18.1. The maximum atomic E-state index is 14.4. The van der Waals surface area contributed by atoms with Gasteiger partial charge in [-0.15, -0.1) is 0 Å². The zero-order chi connectivity index (χ0) is 28.6. The number of nitrogens with zero attached hydrogens (tertiary/aromatic N) is 2. The van der Waals surface area contributed by atoms with Crippen molar-refractivity contribution < 1.29 is 41.8 Å². The van der Waals surface area contributed by atoms with Crippen LogP contribution in [0.4, 0.5) is 28.4 Å². The highest BCUT2D eigenvalue weighted by Crippen LogP contribution is 2.44. The van der Waals surface area contributed by atoms with Crippen molar-refractivity contribution in [1.82, 2.24) is 4.98 Å². The number of esters is 1. The van der Waals surface area contributed by atoms with E-state index < -0.39 is 63.6 Å². The standard InChI is InChI=1S/C25H30F3IN2O6/c1-22(2,3)36-20(33)31(21(34)37-23(4,5)6)16-12-15(25(26,27)28)18(30-17(16)19(32)35-8)24(7)11-9-10-14(29)13-24/h9-10,12-13H,11H2,1-8H3. The molecule has 1 aliphatic rings. The first-order valence-electron chi connectivity index (χ1n) is 11.2. The van der Waals surface area contributed by atoms with Crippen molar-refractivity contribution in [1.29, 1.82) is 0 Å². The lowest BCUT2D eigenvalue weighted by atomic mass is 9.78. The largest absolute Gasteiger partial charge is 0.464 e. The maximum Gasteiger partial charge on any atom is 0.424 e. The summed E-state index contributed by atoms with van der Waals surface area (Å²) in [5.41, 5.74) is -6.67. The molecule has 0 radical (unpaired) electrons. The van der Waals surface area contributed by atoms with E-state index in [1.165, 1.54) is 41.5 Å². The molecule has 1 aliphatic carbocycles. The second kappa shape index (κ2) is 10.6. The average Bonchev–Trinajstić information content (AvgIpc) is 2.69. The van der Waals surface area contributed by atoms with Crippen LogP contribution in [0.3, 0.4) is 0 Å². The summed E-state index contributed by atoms with van der Waals surface area (Å²) in [7, 11) is 1.00. The molecule has 1 heterocycles. The molecule has 12 heteroatoms. The van der Waals surface area contributed by atoms with Crippen LogP contribution in [0.5, 0.6) is 0 Å². The Labute approximate surface area is 227 Å². The number of rotatable bonds is 3. The fourth-order valence-electron chi connectivity index (χ4n) is 3.45. The molecule has 1 atom stereocenters. The molecular weight excluding hydrogens is 608 g/mol. The number of hydrogen-bond acceptors (Lipinski definition) is 7. The molecule has 2 amide bonds. The van der Waals surface area contributed by atoms with Gasteiger partial charge < -0.3 is 14.2 Å². The van der Waals surface area contributed by atoms with Crippen molar-refractivity contribution in [3.8, 4) is 0 Å². The van der Waals surface area contributed by atoms with E-state index in [0.717, 1.165) is 7.11 Å². The Morgan fingerprint density at radius 3 is 1.95 bits per heavy atom. The average molecular weight is 638 g/mol. The lowest BCUT2D eigenvalue weighted by molar-refractivity contribution is -0.139. The van der Waals surface area contributed by atoms with Crippen molar-refractivity contribution in [2.45, 2.75) is 77.7 Å². The molecule has 37 heavy (non-hydrogen) atoms. The molecule has 0 fully saturated rings. The van der Waals surface area contributed by atoms with Gasteiger partial charge in [-0.25, -0.2) is 19.4 Å². The van der Waals surface area contributed by atoms with Crippen molar-refractivity contribution in [2.75, 3.05) is 12.0 Å². The molecule has 0 bridgehead atoms. The number of amides is 2. The summed E-state index contributed by atoms with van der Waals surface area (Å²) >= 11 is 1.97. The Kier molecular flexibility index (Phi) is 8.78. The quantitative estimate of drug-likeness (QED) is 0.198. The molecule has 1 aromatic rings. The van der Waals surface area contributed by atoms with Gasteiger partial charge in [0.25, 0.3) is 0 Å². The lowest BCUT2D eigenvalue weighted by Crippen LogP contribution is -2.45. The molecule has 0 aromatic carbocycles. The van der Waals surface area contributed by atoms with E-state index in [1.54, 1.807) is 25.2 Å². The number of imide groups is 1. The predicted molar refractivity (Wildman–Crippen MR) is 139 cm³/mol. The van der Waals surface area contributed by atoms with Gasteiger partial charge in [-0.3, -0.25) is 0 Å². The van der Waals surface area contributed by atoms with E-state index in [-0.39, 0.29) is 11.3 Å². The van der Waals surface area contributed by atoms with Crippen LogP contribution < -0.4 is 4.90 Å². The van der Waals surface area contributed by atoms with Gasteiger partial charge in [0.1, 0.15) is 11.2 Å². The van der Waals surface area contributed by atoms with Crippen molar-refractivity contribution in [2.24, 2.45) is 0 Å². The van der Waals surface area contributed by atoms with Crippen LogP contribution in [-0.4, -0.2) is 41.5 Å². The van der Waals surface area contributed by atoms with Gasteiger partial charge in [-0.05, 0) is 76.6 Å². The van der Waals surface area contributed by atoms with Crippen molar-refractivity contribution in [3.63, 3.8) is 0 Å². The predicted octanol–water partition coefficient (Wildman–Crippen LogP) is 7.10. The highest BCUT2D eigenvalue weighted by atomic mass is 127. The molecule has 0 spiro atoms. The first kappa shape index (κ1) is 30.6. The summed E-state index contributed by atoms with van der Waals surface area (Å²) in [6, 6.07) is 0.534. The summed E-state index contributed by atoms with van der Waals surface area (Å²) in [5, 5.41) is 0. The Morgan fingerprint density at radius 2 is 1.54 bits per heavy atom. The Balaban J connectivity index is 2.94. The third kappa shape index (κ3) is 7.68. The van der Waals surface area contributed by atoms with Gasteiger partial charge in [0.05, 0.1) is 24.1 Å². The van der Waals surface area contributed by atoms with E-state index in [4.69, 9.17) is 14.2 Å². The zero-order valence-corrected chi connectivity index (χ0v) is 24.0. The van der Waals surface area contributed by atoms with E-state index in [0.29, 0.717) is 9.65 Å². The van der Waals surface area contributed by atoms with Crippen LogP contribution in [0.1, 0.15) is 76.6 Å². The number of methoxy groups -OCH3 is 1. The molecule has 0 aliphatic heterocycles. The minimum Gasteiger partial charge on any atom is -0.464 e. The summed E-state index contributed by atoms with van der Waals surface area (Å²) in [6.07, 6.45) is -2.45. The number of carbonyl (C=O) groups excluding carboxylic acids is 3. The molecule has 0 saturated heterocycles. The fraction of sp³-hybridized carbons (Fsp3) is 0.520. The van der Waals surface area contributed by atoms with Crippen LogP contribution in [0.25, 0.3) is 0 Å². The van der Waals surface area contributed by atoms with Crippen molar-refractivity contribution in [3.05, 3.63) is 44.8 Å². The number of allylic oxidation sites excluding steroid dienone is 4. The van der Waals surface area contributed by atoms with Gasteiger partial charge in [0, 0.05) is 8.99 Å². The number of aromatic nitrogens is 1. The molecule has 8 nitrogen and oxygen atoms in total. The number of anilines is 1. The Bertz CT molecular complexity index is 1120. The third-order valence-electron chi connectivity index (χ3n) is 4.90. The monoisotopic (exact) mass is 638 g/mol. The van der Waals surface area contributed by atoms with E-state index in [1.807, 2.05) is 22.6 Å². The molecule has 204 valence electrons. The molecule has 2 rings (SSSR count). The minimum absolute atomic E-state index is 0.164.